The van der Waals surface area contributed by atoms with Gasteiger partial charge in [-0.15, -0.1) is 0 Å². The van der Waals surface area contributed by atoms with Crippen molar-refractivity contribution in [2.75, 3.05) is 0 Å². The molecule has 0 aromatic carbocycles. The van der Waals surface area contributed by atoms with Crippen LogP contribution in [0.5, 0.6) is 0 Å². The third-order valence-electron chi connectivity index (χ3n) is 3.03. The Morgan fingerprint density at radius 1 is 1.14 bits per heavy atom. The van der Waals surface area contributed by atoms with Crippen molar-refractivity contribution in [1.82, 2.24) is 0 Å². The zero-order valence-electron chi connectivity index (χ0n) is 8.10. The quantitative estimate of drug-likeness (QED) is 0.602. The molecule has 0 aliphatic heterocycles. The van der Waals surface area contributed by atoms with Crippen LogP contribution in [0.25, 0.3) is 6.08 Å². The SMILES string of the molecule is Cc1coc2c1C1C=CC=CC1C=C2. The third kappa shape index (κ3) is 0.955. The van der Waals surface area contributed by atoms with E-state index >= 15 is 0 Å². The van der Waals surface area contributed by atoms with E-state index in [9.17, 15) is 0 Å². The Morgan fingerprint density at radius 2 is 2.00 bits per heavy atom. The van der Waals surface area contributed by atoms with Gasteiger partial charge in [-0.3, -0.25) is 0 Å². The van der Waals surface area contributed by atoms with Gasteiger partial charge >= 0.3 is 0 Å². The van der Waals surface area contributed by atoms with Crippen LogP contribution >= 0.6 is 0 Å². The highest BCUT2D eigenvalue weighted by Crippen LogP contribution is 2.40. The lowest BCUT2D eigenvalue weighted by molar-refractivity contribution is 0.541. The summed E-state index contributed by atoms with van der Waals surface area (Å²) in [6.07, 6.45) is 14.9. The van der Waals surface area contributed by atoms with Crippen LogP contribution in [0.1, 0.15) is 22.8 Å². The molecule has 2 aliphatic rings. The van der Waals surface area contributed by atoms with E-state index < -0.39 is 0 Å². The molecular weight excluding hydrogens is 172 g/mol. The lowest BCUT2D eigenvalue weighted by Gasteiger charge is -2.24. The second-order valence-corrected chi connectivity index (χ2v) is 3.93. The van der Waals surface area contributed by atoms with E-state index in [4.69, 9.17) is 4.42 Å². The molecular formula is C13H12O. The van der Waals surface area contributed by atoms with Crippen molar-refractivity contribution in [1.29, 1.82) is 0 Å². The number of aryl methyl sites for hydroxylation is 1. The molecule has 1 heterocycles. The minimum absolute atomic E-state index is 0.485. The van der Waals surface area contributed by atoms with Crippen LogP contribution < -0.4 is 0 Å². The zero-order chi connectivity index (χ0) is 9.54. The van der Waals surface area contributed by atoms with Gasteiger partial charge in [0.1, 0.15) is 5.76 Å². The van der Waals surface area contributed by atoms with Gasteiger partial charge in [-0.2, -0.15) is 0 Å². The Bertz CT molecular complexity index is 446. The average molecular weight is 184 g/mol. The van der Waals surface area contributed by atoms with Crippen molar-refractivity contribution in [3.63, 3.8) is 0 Å². The highest BCUT2D eigenvalue weighted by molar-refractivity contribution is 5.58. The summed E-state index contributed by atoms with van der Waals surface area (Å²) in [5.74, 6) is 2.03. The summed E-state index contributed by atoms with van der Waals surface area (Å²) in [7, 11) is 0. The number of furan rings is 1. The molecule has 1 aromatic heterocycles. The smallest absolute Gasteiger partial charge is 0.130 e. The minimum atomic E-state index is 0.485. The maximum atomic E-state index is 5.49. The first-order chi connectivity index (χ1) is 6.86. The Labute approximate surface area is 83.4 Å². The Balaban J connectivity index is 2.18. The first-order valence-corrected chi connectivity index (χ1v) is 4.97. The second kappa shape index (κ2) is 2.74. The molecule has 0 bridgehead atoms. The summed E-state index contributed by atoms with van der Waals surface area (Å²) in [6, 6.07) is 0. The van der Waals surface area contributed by atoms with Crippen LogP contribution in [0.4, 0.5) is 0 Å². The molecule has 70 valence electrons. The van der Waals surface area contributed by atoms with Gasteiger partial charge < -0.3 is 4.42 Å². The monoisotopic (exact) mass is 184 g/mol. The molecule has 1 aromatic rings. The molecule has 2 aliphatic carbocycles. The van der Waals surface area contributed by atoms with E-state index in [1.165, 1.54) is 11.1 Å². The van der Waals surface area contributed by atoms with Crippen LogP contribution in [0.3, 0.4) is 0 Å². The van der Waals surface area contributed by atoms with Crippen LogP contribution in [0, 0.1) is 12.8 Å². The summed E-state index contributed by atoms with van der Waals surface area (Å²) >= 11 is 0. The van der Waals surface area contributed by atoms with E-state index in [1.54, 1.807) is 0 Å². The van der Waals surface area contributed by atoms with Gasteiger partial charge in [0.25, 0.3) is 0 Å². The van der Waals surface area contributed by atoms with E-state index in [0.717, 1.165) is 5.76 Å². The normalized spacial score (nSPS) is 27.5. The number of rotatable bonds is 0. The molecule has 0 radical (unpaired) electrons. The predicted molar refractivity (Wildman–Crippen MR) is 57.0 cm³/mol. The fraction of sp³-hybridized carbons (Fsp3) is 0.231. The molecule has 0 spiro atoms. The summed E-state index contributed by atoms with van der Waals surface area (Å²) in [5, 5.41) is 0. The Kier molecular flexibility index (Phi) is 1.54. The molecule has 1 heteroatoms. The maximum absolute atomic E-state index is 5.49. The lowest BCUT2D eigenvalue weighted by Crippen LogP contribution is -2.12. The van der Waals surface area contributed by atoms with Crippen molar-refractivity contribution in [3.8, 4) is 0 Å². The fourth-order valence-corrected chi connectivity index (χ4v) is 2.32. The summed E-state index contributed by atoms with van der Waals surface area (Å²) in [6.45, 7) is 2.12. The second-order valence-electron chi connectivity index (χ2n) is 3.93. The number of hydrogen-bond donors (Lipinski definition) is 0. The van der Waals surface area contributed by atoms with Crippen molar-refractivity contribution in [3.05, 3.63) is 53.5 Å². The van der Waals surface area contributed by atoms with Crippen LogP contribution in [-0.4, -0.2) is 0 Å². The van der Waals surface area contributed by atoms with Crippen molar-refractivity contribution >= 4 is 6.08 Å². The summed E-state index contributed by atoms with van der Waals surface area (Å²) in [5.41, 5.74) is 2.62. The first kappa shape index (κ1) is 7.86. The van der Waals surface area contributed by atoms with Crippen LogP contribution in [0.2, 0.25) is 0 Å². The fourth-order valence-electron chi connectivity index (χ4n) is 2.32. The van der Waals surface area contributed by atoms with E-state index in [2.05, 4.69) is 43.4 Å². The maximum Gasteiger partial charge on any atom is 0.130 e. The molecule has 3 rings (SSSR count). The number of fused-ring (bicyclic) bond motifs is 3. The minimum Gasteiger partial charge on any atom is -0.464 e. The molecule has 1 nitrogen and oxygen atoms in total. The topological polar surface area (TPSA) is 13.1 Å². The van der Waals surface area contributed by atoms with Crippen molar-refractivity contribution in [2.45, 2.75) is 12.8 Å². The van der Waals surface area contributed by atoms with Gasteiger partial charge in [-0.05, 0) is 18.6 Å². The standard InChI is InChI=1S/C13H12O/c1-9-8-14-12-7-6-10-4-2-3-5-11(10)13(9)12/h2-8,10-11H,1H3. The molecule has 2 unspecified atom stereocenters. The van der Waals surface area contributed by atoms with Gasteiger partial charge in [-0.1, -0.05) is 30.4 Å². The predicted octanol–water partition coefficient (Wildman–Crippen LogP) is 3.44. The van der Waals surface area contributed by atoms with Crippen LogP contribution in [0.15, 0.2) is 41.1 Å². The van der Waals surface area contributed by atoms with Gasteiger partial charge in [0.05, 0.1) is 6.26 Å². The summed E-state index contributed by atoms with van der Waals surface area (Å²) in [4.78, 5) is 0. The molecule has 0 amide bonds. The highest BCUT2D eigenvalue weighted by Gasteiger charge is 2.27. The first-order valence-electron chi connectivity index (χ1n) is 4.97. The highest BCUT2D eigenvalue weighted by atomic mass is 16.3. The zero-order valence-corrected chi connectivity index (χ0v) is 8.10. The molecule has 0 saturated carbocycles. The van der Waals surface area contributed by atoms with Crippen molar-refractivity contribution in [2.24, 2.45) is 5.92 Å². The van der Waals surface area contributed by atoms with Gasteiger partial charge in [0.15, 0.2) is 0 Å². The number of allylic oxidation sites excluding steroid dienone is 5. The van der Waals surface area contributed by atoms with E-state index in [1.807, 2.05) is 6.26 Å². The van der Waals surface area contributed by atoms with Gasteiger partial charge in [0.2, 0.25) is 0 Å². The summed E-state index contributed by atoms with van der Waals surface area (Å²) < 4.78 is 5.49. The van der Waals surface area contributed by atoms with Gasteiger partial charge in [0, 0.05) is 17.4 Å². The van der Waals surface area contributed by atoms with Gasteiger partial charge in [-0.25, -0.2) is 0 Å². The third-order valence-corrected chi connectivity index (χ3v) is 3.03. The number of hydrogen-bond acceptors (Lipinski definition) is 1. The Hall–Kier alpha value is -1.50. The largest absolute Gasteiger partial charge is 0.464 e. The Morgan fingerprint density at radius 3 is 2.93 bits per heavy atom. The van der Waals surface area contributed by atoms with Crippen LogP contribution in [-0.2, 0) is 0 Å². The molecule has 0 saturated heterocycles. The molecule has 14 heavy (non-hydrogen) atoms. The van der Waals surface area contributed by atoms with E-state index in [-0.39, 0.29) is 0 Å². The molecule has 0 fully saturated rings. The molecule has 0 N–H and O–H groups in total. The van der Waals surface area contributed by atoms with Crippen molar-refractivity contribution < 1.29 is 4.42 Å². The average Bonchev–Trinajstić information content (AvgIpc) is 2.61. The lowest BCUT2D eigenvalue weighted by atomic mass is 9.78. The van der Waals surface area contributed by atoms with E-state index in [0.29, 0.717) is 11.8 Å². The molecule has 2 atom stereocenters.